The fraction of sp³-hybridized carbons (Fsp3) is 0.556. The van der Waals surface area contributed by atoms with Crippen LogP contribution in [0.2, 0.25) is 0 Å². The van der Waals surface area contributed by atoms with E-state index in [0.717, 1.165) is 19.4 Å². The second-order valence-electron chi connectivity index (χ2n) is 3.22. The molecule has 0 saturated carbocycles. The minimum atomic E-state index is -0.260. The third kappa shape index (κ3) is 1.63. The molecule has 1 N–H and O–H groups in total. The Labute approximate surface area is 81.7 Å². The molecule has 1 aliphatic rings. The van der Waals surface area contributed by atoms with E-state index < -0.39 is 0 Å². The van der Waals surface area contributed by atoms with Gasteiger partial charge in [-0.2, -0.15) is 4.98 Å². The number of aromatic nitrogens is 2. The zero-order chi connectivity index (χ0) is 9.97. The van der Waals surface area contributed by atoms with Crippen LogP contribution in [-0.4, -0.2) is 23.2 Å². The zero-order valence-corrected chi connectivity index (χ0v) is 8.06. The molecule has 0 radical (unpaired) electrons. The first-order valence-electron chi connectivity index (χ1n) is 4.70. The zero-order valence-electron chi connectivity index (χ0n) is 8.06. The molecular formula is C9H13N3O2. The average Bonchev–Trinajstić information content (AvgIpc) is 2.70. The van der Waals surface area contributed by atoms with E-state index in [2.05, 4.69) is 10.3 Å². The van der Waals surface area contributed by atoms with Gasteiger partial charge in [0.05, 0.1) is 0 Å². The maximum absolute atomic E-state index is 11.5. The van der Waals surface area contributed by atoms with Crippen molar-refractivity contribution in [3.63, 3.8) is 0 Å². The summed E-state index contributed by atoms with van der Waals surface area (Å²) in [5, 5.41) is 2.82. The maximum atomic E-state index is 11.5. The summed E-state index contributed by atoms with van der Waals surface area (Å²) < 4.78 is 6.93. The maximum Gasteiger partial charge on any atom is 0.351 e. The minimum absolute atomic E-state index is 0.124. The second-order valence-corrected chi connectivity index (χ2v) is 3.22. The van der Waals surface area contributed by atoms with E-state index in [1.54, 1.807) is 19.3 Å². The van der Waals surface area contributed by atoms with E-state index in [1.165, 1.54) is 4.57 Å². The summed E-state index contributed by atoms with van der Waals surface area (Å²) in [7, 11) is 1.73. The number of nitrogens with one attached hydrogen (secondary N) is 1. The van der Waals surface area contributed by atoms with Gasteiger partial charge in [-0.25, -0.2) is 4.79 Å². The Hall–Kier alpha value is -1.36. The lowest BCUT2D eigenvalue weighted by Gasteiger charge is -2.12. The van der Waals surface area contributed by atoms with Crippen LogP contribution in [0.3, 0.4) is 0 Å². The molecule has 0 unspecified atom stereocenters. The van der Waals surface area contributed by atoms with E-state index in [9.17, 15) is 4.79 Å². The Morgan fingerprint density at radius 2 is 2.57 bits per heavy atom. The molecule has 1 aliphatic heterocycles. The van der Waals surface area contributed by atoms with Crippen LogP contribution in [0, 0.1) is 0 Å². The molecule has 5 heteroatoms. The number of hydrogen-bond acceptors (Lipinski definition) is 4. The first kappa shape index (κ1) is 9.21. The van der Waals surface area contributed by atoms with Gasteiger partial charge in [0.2, 0.25) is 0 Å². The highest BCUT2D eigenvalue weighted by molar-refractivity contribution is 5.30. The third-order valence-corrected chi connectivity index (χ3v) is 2.30. The molecule has 1 atom stereocenters. The highest BCUT2D eigenvalue weighted by Crippen LogP contribution is 2.20. The van der Waals surface area contributed by atoms with Crippen molar-refractivity contribution >= 4 is 5.82 Å². The average molecular weight is 195 g/mol. The summed E-state index contributed by atoms with van der Waals surface area (Å²) in [4.78, 5) is 15.4. The third-order valence-electron chi connectivity index (χ3n) is 2.30. The Morgan fingerprint density at radius 3 is 3.14 bits per heavy atom. The fourth-order valence-electron chi connectivity index (χ4n) is 1.55. The molecule has 0 aliphatic carbocycles. The highest BCUT2D eigenvalue weighted by atomic mass is 16.5. The van der Waals surface area contributed by atoms with E-state index in [4.69, 9.17) is 4.74 Å². The first-order chi connectivity index (χ1) is 6.81. The molecule has 5 nitrogen and oxygen atoms in total. The van der Waals surface area contributed by atoms with Gasteiger partial charge in [0.15, 0.2) is 0 Å². The van der Waals surface area contributed by atoms with Crippen LogP contribution in [-0.2, 0) is 4.74 Å². The number of anilines is 1. The van der Waals surface area contributed by atoms with Gasteiger partial charge >= 0.3 is 5.69 Å². The van der Waals surface area contributed by atoms with Crippen LogP contribution in [0.15, 0.2) is 17.1 Å². The molecule has 1 aromatic rings. The molecule has 0 aromatic carbocycles. The van der Waals surface area contributed by atoms with E-state index in [1.807, 2.05) is 0 Å². The van der Waals surface area contributed by atoms with Crippen molar-refractivity contribution in [2.45, 2.75) is 19.1 Å². The minimum Gasteiger partial charge on any atom is -0.373 e. The lowest BCUT2D eigenvalue weighted by atomic mass is 10.3. The Kier molecular flexibility index (Phi) is 2.49. The molecule has 1 fully saturated rings. The van der Waals surface area contributed by atoms with Gasteiger partial charge in [-0.3, -0.25) is 4.57 Å². The van der Waals surface area contributed by atoms with E-state index in [-0.39, 0.29) is 11.9 Å². The molecule has 76 valence electrons. The molecule has 2 rings (SSSR count). The summed E-state index contributed by atoms with van der Waals surface area (Å²) >= 11 is 0. The van der Waals surface area contributed by atoms with Gasteiger partial charge in [-0.05, 0) is 18.9 Å². The smallest absolute Gasteiger partial charge is 0.351 e. The predicted octanol–water partition coefficient (Wildman–Crippen LogP) is 0.594. The molecule has 1 aromatic heterocycles. The predicted molar refractivity (Wildman–Crippen MR) is 52.3 cm³/mol. The van der Waals surface area contributed by atoms with Crippen molar-refractivity contribution in [1.82, 2.24) is 9.55 Å². The van der Waals surface area contributed by atoms with Crippen molar-refractivity contribution in [1.29, 1.82) is 0 Å². The van der Waals surface area contributed by atoms with Crippen molar-refractivity contribution < 1.29 is 4.74 Å². The highest BCUT2D eigenvalue weighted by Gasteiger charge is 2.18. The Balaban J connectivity index is 2.30. The molecular weight excluding hydrogens is 182 g/mol. The van der Waals surface area contributed by atoms with Crippen LogP contribution in [0.25, 0.3) is 0 Å². The summed E-state index contributed by atoms with van der Waals surface area (Å²) in [5.74, 6) is 0.587. The topological polar surface area (TPSA) is 56.2 Å². The van der Waals surface area contributed by atoms with Crippen LogP contribution >= 0.6 is 0 Å². The monoisotopic (exact) mass is 195 g/mol. The molecule has 2 heterocycles. The number of ether oxygens (including phenoxy) is 1. The lowest BCUT2D eigenvalue weighted by molar-refractivity contribution is 0.0528. The number of nitrogens with zero attached hydrogens (tertiary/aromatic N) is 2. The molecule has 0 spiro atoms. The first-order valence-corrected chi connectivity index (χ1v) is 4.70. The summed E-state index contributed by atoms with van der Waals surface area (Å²) in [6.07, 6.45) is 3.49. The van der Waals surface area contributed by atoms with Gasteiger partial charge in [-0.15, -0.1) is 0 Å². The van der Waals surface area contributed by atoms with Gasteiger partial charge < -0.3 is 10.1 Å². The summed E-state index contributed by atoms with van der Waals surface area (Å²) in [6, 6.07) is 1.77. The van der Waals surface area contributed by atoms with E-state index in [0.29, 0.717) is 5.82 Å². The second kappa shape index (κ2) is 3.79. The lowest BCUT2D eigenvalue weighted by Crippen LogP contribution is -2.26. The van der Waals surface area contributed by atoms with Crippen LogP contribution in [0.5, 0.6) is 0 Å². The van der Waals surface area contributed by atoms with Crippen molar-refractivity contribution in [3.05, 3.63) is 22.7 Å². The van der Waals surface area contributed by atoms with Crippen LogP contribution < -0.4 is 11.0 Å². The summed E-state index contributed by atoms with van der Waals surface area (Å²) in [5.41, 5.74) is -0.260. The van der Waals surface area contributed by atoms with Crippen LogP contribution in [0.1, 0.15) is 19.1 Å². The standard InChI is InChI=1S/C9H13N3O2/c1-10-7-4-5-12(9(13)11-7)8-3-2-6-14-8/h4-5,8H,2-3,6H2,1H3,(H,10,11,13)/t8-/m1/s1. The normalized spacial score (nSPS) is 21.1. The number of hydrogen-bond donors (Lipinski definition) is 1. The fourth-order valence-corrected chi connectivity index (χ4v) is 1.55. The summed E-state index contributed by atoms with van der Waals surface area (Å²) in [6.45, 7) is 0.727. The van der Waals surface area contributed by atoms with Gasteiger partial charge in [-0.1, -0.05) is 0 Å². The van der Waals surface area contributed by atoms with Crippen molar-refractivity contribution in [3.8, 4) is 0 Å². The van der Waals surface area contributed by atoms with E-state index >= 15 is 0 Å². The van der Waals surface area contributed by atoms with Crippen molar-refractivity contribution in [2.75, 3.05) is 19.0 Å². The van der Waals surface area contributed by atoms with Crippen molar-refractivity contribution in [2.24, 2.45) is 0 Å². The Bertz CT molecular complexity index is 369. The SMILES string of the molecule is CNc1ccn([C@H]2CCCO2)c(=O)n1. The van der Waals surface area contributed by atoms with Crippen LogP contribution in [0.4, 0.5) is 5.82 Å². The Morgan fingerprint density at radius 1 is 1.71 bits per heavy atom. The largest absolute Gasteiger partial charge is 0.373 e. The quantitative estimate of drug-likeness (QED) is 0.750. The number of rotatable bonds is 2. The molecule has 0 amide bonds. The van der Waals surface area contributed by atoms with Gasteiger partial charge in [0.25, 0.3) is 0 Å². The molecule has 0 bridgehead atoms. The van der Waals surface area contributed by atoms with Gasteiger partial charge in [0.1, 0.15) is 12.0 Å². The molecule has 14 heavy (non-hydrogen) atoms. The molecule has 1 saturated heterocycles. The van der Waals surface area contributed by atoms with Gasteiger partial charge in [0, 0.05) is 19.9 Å².